The Morgan fingerprint density at radius 3 is 2.50 bits per heavy atom. The van der Waals surface area contributed by atoms with Gasteiger partial charge in [0.05, 0.1) is 5.56 Å². The van der Waals surface area contributed by atoms with Gasteiger partial charge in [0.2, 0.25) is 0 Å². The van der Waals surface area contributed by atoms with Crippen LogP contribution in [0.25, 0.3) is 22.2 Å². The third-order valence-electron chi connectivity index (χ3n) is 5.56. The van der Waals surface area contributed by atoms with Crippen LogP contribution in [-0.4, -0.2) is 30.4 Å². The molecule has 0 saturated carbocycles. The number of carboxylic acid groups (broad SMARTS) is 1. The van der Waals surface area contributed by atoms with Crippen LogP contribution < -0.4 is 11.1 Å². The molecule has 0 bridgehead atoms. The van der Waals surface area contributed by atoms with Gasteiger partial charge in [0.15, 0.2) is 5.52 Å². The highest BCUT2D eigenvalue weighted by atomic mass is 16.4. The number of benzene rings is 2. The Hall–Kier alpha value is -3.94. The first kappa shape index (κ1) is 21.3. The number of hydrogen-bond acceptors (Lipinski definition) is 4. The summed E-state index contributed by atoms with van der Waals surface area (Å²) in [4.78, 5) is 41.2. The maximum Gasteiger partial charge on any atom is 0.336 e. The Labute approximate surface area is 183 Å². The fourth-order valence-electron chi connectivity index (χ4n) is 3.88. The van der Waals surface area contributed by atoms with Crippen molar-refractivity contribution in [3.05, 3.63) is 86.2 Å². The Balaban J connectivity index is 1.75. The molecular formula is C24H24N4O4. The number of fused-ring (bicyclic) bond motifs is 1. The van der Waals surface area contributed by atoms with E-state index >= 15 is 0 Å². The van der Waals surface area contributed by atoms with E-state index in [2.05, 4.69) is 17.0 Å². The van der Waals surface area contributed by atoms with E-state index < -0.39 is 5.97 Å². The lowest BCUT2D eigenvalue weighted by atomic mass is 9.99. The number of aromatic nitrogens is 4. The molecule has 0 spiro atoms. The lowest BCUT2D eigenvalue weighted by molar-refractivity contribution is 0.0697. The molecule has 0 radical (unpaired) electrons. The summed E-state index contributed by atoms with van der Waals surface area (Å²) in [5, 5.41) is 12.0. The summed E-state index contributed by atoms with van der Waals surface area (Å²) in [6.45, 7) is 2.46. The zero-order valence-corrected chi connectivity index (χ0v) is 18.0. The highest BCUT2D eigenvalue weighted by Gasteiger charge is 2.18. The first-order valence-corrected chi connectivity index (χ1v) is 10.5. The van der Waals surface area contributed by atoms with Gasteiger partial charge in [-0.05, 0) is 29.2 Å². The van der Waals surface area contributed by atoms with Crippen molar-refractivity contribution in [3.8, 4) is 11.1 Å². The van der Waals surface area contributed by atoms with Crippen LogP contribution in [0.3, 0.4) is 0 Å². The molecule has 0 amide bonds. The zero-order chi connectivity index (χ0) is 22.8. The van der Waals surface area contributed by atoms with Gasteiger partial charge in [-0.3, -0.25) is 19.4 Å². The van der Waals surface area contributed by atoms with Gasteiger partial charge >= 0.3 is 5.97 Å². The van der Waals surface area contributed by atoms with Crippen LogP contribution in [-0.2, 0) is 20.0 Å². The van der Waals surface area contributed by atoms with Crippen molar-refractivity contribution in [1.29, 1.82) is 0 Å². The second kappa shape index (κ2) is 8.66. The average molecular weight is 432 g/mol. The van der Waals surface area contributed by atoms with E-state index in [9.17, 15) is 19.5 Å². The average Bonchev–Trinajstić information content (AvgIpc) is 3.15. The van der Waals surface area contributed by atoms with Crippen LogP contribution in [0.2, 0.25) is 0 Å². The molecule has 2 aromatic carbocycles. The van der Waals surface area contributed by atoms with E-state index in [1.54, 1.807) is 24.3 Å². The molecule has 0 aliphatic heterocycles. The molecule has 32 heavy (non-hydrogen) atoms. The molecule has 0 atom stereocenters. The smallest absolute Gasteiger partial charge is 0.336 e. The van der Waals surface area contributed by atoms with Crippen molar-refractivity contribution in [2.45, 2.75) is 32.7 Å². The van der Waals surface area contributed by atoms with Gasteiger partial charge < -0.3 is 9.67 Å². The topological polar surface area (TPSA) is 110 Å². The third-order valence-corrected chi connectivity index (χ3v) is 5.56. The number of aromatic amines is 1. The summed E-state index contributed by atoms with van der Waals surface area (Å²) in [5.41, 5.74) is 2.35. The number of hydrogen-bond donors (Lipinski definition) is 2. The summed E-state index contributed by atoms with van der Waals surface area (Å²) >= 11 is 0. The maximum absolute atomic E-state index is 12.7. The van der Waals surface area contributed by atoms with Crippen LogP contribution in [0.4, 0.5) is 0 Å². The van der Waals surface area contributed by atoms with Crippen LogP contribution in [0, 0.1) is 0 Å². The molecule has 4 aromatic rings. The normalized spacial score (nSPS) is 11.2. The largest absolute Gasteiger partial charge is 0.478 e. The van der Waals surface area contributed by atoms with Crippen molar-refractivity contribution in [3.63, 3.8) is 0 Å². The van der Waals surface area contributed by atoms with E-state index in [1.165, 1.54) is 7.05 Å². The molecule has 0 aliphatic carbocycles. The monoisotopic (exact) mass is 432 g/mol. The highest BCUT2D eigenvalue weighted by molar-refractivity contribution is 5.96. The van der Waals surface area contributed by atoms with Gasteiger partial charge in [-0.2, -0.15) is 0 Å². The number of unbranched alkanes of at least 4 members (excludes halogenated alkanes) is 1. The second-order valence-corrected chi connectivity index (χ2v) is 7.77. The van der Waals surface area contributed by atoms with Crippen LogP contribution in [0.15, 0.2) is 58.1 Å². The van der Waals surface area contributed by atoms with Crippen molar-refractivity contribution < 1.29 is 9.90 Å². The number of carboxylic acids is 1. The van der Waals surface area contributed by atoms with Crippen LogP contribution in [0.5, 0.6) is 0 Å². The van der Waals surface area contributed by atoms with Gasteiger partial charge in [-0.1, -0.05) is 55.8 Å². The molecule has 0 unspecified atom stereocenters. The van der Waals surface area contributed by atoms with Gasteiger partial charge in [0.25, 0.3) is 11.1 Å². The first-order chi connectivity index (χ1) is 15.4. The number of H-pyrrole nitrogens is 1. The minimum absolute atomic E-state index is 0.175. The van der Waals surface area contributed by atoms with Gasteiger partial charge in [-0.25, -0.2) is 9.78 Å². The van der Waals surface area contributed by atoms with Gasteiger partial charge in [0, 0.05) is 20.0 Å². The number of carbonyl (C=O) groups is 1. The number of imidazole rings is 1. The van der Waals surface area contributed by atoms with E-state index in [-0.39, 0.29) is 27.7 Å². The Morgan fingerprint density at radius 2 is 1.81 bits per heavy atom. The SMILES string of the molecule is CCCCc1nc2c(=O)n(C)[nH]c(=O)c2n1Cc1ccc(-c2ccccc2C(=O)O)cc1. The molecule has 8 heteroatoms. The Kier molecular flexibility index (Phi) is 5.77. The van der Waals surface area contributed by atoms with E-state index in [4.69, 9.17) is 0 Å². The zero-order valence-electron chi connectivity index (χ0n) is 18.0. The molecule has 2 N–H and O–H groups in total. The molecule has 164 valence electrons. The Morgan fingerprint density at radius 1 is 1.09 bits per heavy atom. The van der Waals surface area contributed by atoms with Gasteiger partial charge in [0.1, 0.15) is 11.3 Å². The lowest BCUT2D eigenvalue weighted by Crippen LogP contribution is -2.28. The molecule has 8 nitrogen and oxygen atoms in total. The minimum Gasteiger partial charge on any atom is -0.478 e. The Bertz CT molecular complexity index is 1410. The predicted molar refractivity (Wildman–Crippen MR) is 122 cm³/mol. The number of nitrogens with zero attached hydrogens (tertiary/aromatic N) is 3. The molecular weight excluding hydrogens is 408 g/mol. The number of nitrogens with one attached hydrogen (secondary N) is 1. The number of aromatic carboxylic acids is 1. The van der Waals surface area contributed by atoms with E-state index in [1.807, 2.05) is 28.8 Å². The minimum atomic E-state index is -0.976. The second-order valence-electron chi connectivity index (χ2n) is 7.77. The lowest BCUT2D eigenvalue weighted by Gasteiger charge is -2.11. The molecule has 2 heterocycles. The van der Waals surface area contributed by atoms with Crippen molar-refractivity contribution >= 4 is 17.0 Å². The summed E-state index contributed by atoms with van der Waals surface area (Å²) < 4.78 is 2.96. The fourth-order valence-corrected chi connectivity index (χ4v) is 3.88. The third kappa shape index (κ3) is 3.87. The molecule has 0 aliphatic rings. The van der Waals surface area contributed by atoms with Crippen molar-refractivity contribution in [2.75, 3.05) is 0 Å². The number of aryl methyl sites for hydroxylation is 2. The van der Waals surface area contributed by atoms with E-state index in [0.29, 0.717) is 24.4 Å². The van der Waals surface area contributed by atoms with Crippen molar-refractivity contribution in [2.24, 2.45) is 7.05 Å². The maximum atomic E-state index is 12.7. The van der Waals surface area contributed by atoms with E-state index in [0.717, 1.165) is 28.7 Å². The van der Waals surface area contributed by atoms with Gasteiger partial charge in [-0.15, -0.1) is 0 Å². The first-order valence-electron chi connectivity index (χ1n) is 10.5. The molecule has 4 rings (SSSR count). The fraction of sp³-hybridized carbons (Fsp3) is 0.250. The van der Waals surface area contributed by atoms with Crippen LogP contribution in [0.1, 0.15) is 41.5 Å². The summed E-state index contributed by atoms with van der Waals surface area (Å²) in [5.74, 6) is -0.271. The summed E-state index contributed by atoms with van der Waals surface area (Å²) in [6.07, 6.45) is 2.53. The standard InChI is InChI=1S/C24H24N4O4/c1-3-4-9-19-25-20-21(22(29)26-27(2)23(20)30)28(19)14-15-10-12-16(13-11-15)17-7-5-6-8-18(17)24(31)32/h5-8,10-13H,3-4,9,14H2,1-2H3,(H,26,29)(H,31,32). The number of rotatable bonds is 7. The van der Waals surface area contributed by atoms with Crippen molar-refractivity contribution in [1.82, 2.24) is 19.3 Å². The quantitative estimate of drug-likeness (QED) is 0.466. The van der Waals surface area contributed by atoms with Crippen LogP contribution >= 0.6 is 0 Å². The summed E-state index contributed by atoms with van der Waals surface area (Å²) in [7, 11) is 1.50. The molecule has 0 saturated heterocycles. The molecule has 0 fully saturated rings. The molecule has 2 aromatic heterocycles. The summed E-state index contributed by atoms with van der Waals surface area (Å²) in [6, 6.07) is 14.4. The highest BCUT2D eigenvalue weighted by Crippen LogP contribution is 2.25. The predicted octanol–water partition coefficient (Wildman–Crippen LogP) is 3.18.